The number of nitrogens with one attached hydrogen (secondary N) is 2. The van der Waals surface area contributed by atoms with Crippen LogP contribution in [0.2, 0.25) is 0 Å². The van der Waals surface area contributed by atoms with E-state index in [2.05, 4.69) is 10.6 Å². The predicted octanol–water partition coefficient (Wildman–Crippen LogP) is 2.81. The molecule has 0 saturated carbocycles. The Morgan fingerprint density at radius 3 is 2.80 bits per heavy atom. The lowest BCUT2D eigenvalue weighted by Crippen LogP contribution is -2.30. The van der Waals surface area contributed by atoms with Crippen molar-refractivity contribution in [2.45, 2.75) is 6.42 Å². The molecule has 0 aliphatic heterocycles. The van der Waals surface area contributed by atoms with Gasteiger partial charge < -0.3 is 15.7 Å². The van der Waals surface area contributed by atoms with Crippen LogP contribution in [0.1, 0.15) is 15.9 Å². The highest BCUT2D eigenvalue weighted by atomic mass is 32.1. The topological polar surface area (TPSA) is 78.4 Å². The first-order valence-electron chi connectivity index (χ1n) is 6.04. The highest BCUT2D eigenvalue weighted by Crippen LogP contribution is 2.11. The van der Waals surface area contributed by atoms with E-state index in [1.165, 1.54) is 11.3 Å². The molecule has 0 fully saturated rings. The standard InChI is InChI=1S/C14H14N2O3S/c17-13(18)11-3-1-2-10(8-11)4-6-15-14(19)16-12-5-7-20-9-12/h1-3,5,7-9H,4,6H2,(H,17,18)(H2,15,16,19). The lowest BCUT2D eigenvalue weighted by atomic mass is 10.1. The smallest absolute Gasteiger partial charge is 0.335 e. The third-order valence-corrected chi connectivity index (χ3v) is 3.34. The number of carbonyl (C=O) groups is 2. The minimum Gasteiger partial charge on any atom is -0.478 e. The van der Waals surface area contributed by atoms with Crippen LogP contribution in [0.3, 0.4) is 0 Å². The summed E-state index contributed by atoms with van der Waals surface area (Å²) in [6, 6.07) is 8.25. The minimum atomic E-state index is -0.949. The summed E-state index contributed by atoms with van der Waals surface area (Å²) in [6.45, 7) is 0.443. The Bertz CT molecular complexity index is 596. The fourth-order valence-corrected chi connectivity index (χ4v) is 2.28. The number of rotatable bonds is 5. The lowest BCUT2D eigenvalue weighted by molar-refractivity contribution is 0.0696. The molecule has 0 atom stereocenters. The molecule has 6 heteroatoms. The maximum absolute atomic E-state index is 11.6. The molecule has 0 bridgehead atoms. The summed E-state index contributed by atoms with van der Waals surface area (Å²) in [5.41, 5.74) is 1.89. The zero-order valence-corrected chi connectivity index (χ0v) is 11.4. The molecule has 0 unspecified atom stereocenters. The normalized spacial score (nSPS) is 10.0. The summed E-state index contributed by atoms with van der Waals surface area (Å²) in [4.78, 5) is 22.4. The van der Waals surface area contributed by atoms with Gasteiger partial charge in [0.25, 0.3) is 0 Å². The molecular formula is C14H14N2O3S. The Morgan fingerprint density at radius 2 is 2.10 bits per heavy atom. The van der Waals surface area contributed by atoms with Crippen LogP contribution in [0.5, 0.6) is 0 Å². The van der Waals surface area contributed by atoms with Crippen molar-refractivity contribution in [1.82, 2.24) is 5.32 Å². The van der Waals surface area contributed by atoms with Gasteiger partial charge in [-0.1, -0.05) is 12.1 Å². The Balaban J connectivity index is 1.79. The van der Waals surface area contributed by atoms with Crippen molar-refractivity contribution in [2.24, 2.45) is 0 Å². The summed E-state index contributed by atoms with van der Waals surface area (Å²) in [7, 11) is 0. The van der Waals surface area contributed by atoms with Crippen LogP contribution in [-0.4, -0.2) is 23.7 Å². The van der Waals surface area contributed by atoms with E-state index in [0.717, 1.165) is 11.3 Å². The molecular weight excluding hydrogens is 276 g/mol. The lowest BCUT2D eigenvalue weighted by Gasteiger charge is -2.06. The van der Waals surface area contributed by atoms with Crippen molar-refractivity contribution in [3.05, 3.63) is 52.2 Å². The zero-order valence-electron chi connectivity index (χ0n) is 10.6. The number of carboxylic acid groups (broad SMARTS) is 1. The van der Waals surface area contributed by atoms with Gasteiger partial charge in [0.2, 0.25) is 0 Å². The molecule has 2 amide bonds. The molecule has 5 nitrogen and oxygen atoms in total. The second kappa shape index (κ2) is 6.72. The van der Waals surface area contributed by atoms with Gasteiger partial charge in [0, 0.05) is 11.9 Å². The number of urea groups is 1. The quantitative estimate of drug-likeness (QED) is 0.792. The van der Waals surface area contributed by atoms with Gasteiger partial charge in [-0.15, -0.1) is 0 Å². The summed E-state index contributed by atoms with van der Waals surface area (Å²) in [6.07, 6.45) is 0.582. The maximum atomic E-state index is 11.6. The van der Waals surface area contributed by atoms with Crippen molar-refractivity contribution in [2.75, 3.05) is 11.9 Å². The highest BCUT2D eigenvalue weighted by molar-refractivity contribution is 7.08. The Morgan fingerprint density at radius 1 is 1.25 bits per heavy atom. The van der Waals surface area contributed by atoms with Gasteiger partial charge >= 0.3 is 12.0 Å². The number of carboxylic acids is 1. The number of hydrogen-bond acceptors (Lipinski definition) is 3. The number of aromatic carboxylic acids is 1. The van der Waals surface area contributed by atoms with E-state index in [1.807, 2.05) is 22.9 Å². The van der Waals surface area contributed by atoms with E-state index in [4.69, 9.17) is 5.11 Å². The molecule has 2 aromatic rings. The van der Waals surface area contributed by atoms with Gasteiger partial charge in [0.1, 0.15) is 0 Å². The second-order valence-electron chi connectivity index (χ2n) is 4.15. The minimum absolute atomic E-state index is 0.255. The first kappa shape index (κ1) is 14.1. The third-order valence-electron chi connectivity index (χ3n) is 2.65. The van der Waals surface area contributed by atoms with E-state index in [1.54, 1.807) is 18.2 Å². The average molecular weight is 290 g/mol. The number of thiophene rings is 1. The van der Waals surface area contributed by atoms with E-state index >= 15 is 0 Å². The fraction of sp³-hybridized carbons (Fsp3) is 0.143. The van der Waals surface area contributed by atoms with Gasteiger partial charge in [0.15, 0.2) is 0 Å². The summed E-state index contributed by atoms with van der Waals surface area (Å²) < 4.78 is 0. The fourth-order valence-electron chi connectivity index (χ4n) is 1.69. The maximum Gasteiger partial charge on any atom is 0.335 e. The molecule has 20 heavy (non-hydrogen) atoms. The number of amides is 2. The van der Waals surface area contributed by atoms with E-state index in [9.17, 15) is 9.59 Å². The summed E-state index contributed by atoms with van der Waals surface area (Å²) >= 11 is 1.51. The van der Waals surface area contributed by atoms with Crippen molar-refractivity contribution in [3.8, 4) is 0 Å². The van der Waals surface area contributed by atoms with Crippen molar-refractivity contribution >= 4 is 29.0 Å². The number of anilines is 1. The van der Waals surface area contributed by atoms with Crippen LogP contribution >= 0.6 is 11.3 Å². The molecule has 0 spiro atoms. The number of carbonyl (C=O) groups excluding carboxylic acids is 1. The molecule has 0 aliphatic carbocycles. The van der Waals surface area contributed by atoms with Crippen LogP contribution < -0.4 is 10.6 Å². The van der Waals surface area contributed by atoms with Crippen LogP contribution in [0, 0.1) is 0 Å². The van der Waals surface area contributed by atoms with Gasteiger partial charge in [-0.2, -0.15) is 11.3 Å². The van der Waals surface area contributed by atoms with Crippen LogP contribution in [0.25, 0.3) is 0 Å². The van der Waals surface area contributed by atoms with Crippen molar-refractivity contribution in [3.63, 3.8) is 0 Å². The van der Waals surface area contributed by atoms with Crippen LogP contribution in [0.4, 0.5) is 10.5 Å². The molecule has 2 rings (SSSR count). The second-order valence-corrected chi connectivity index (χ2v) is 4.93. The largest absolute Gasteiger partial charge is 0.478 e. The van der Waals surface area contributed by atoms with Gasteiger partial charge in [-0.25, -0.2) is 9.59 Å². The highest BCUT2D eigenvalue weighted by Gasteiger charge is 2.04. The molecule has 0 aliphatic rings. The first-order chi connectivity index (χ1) is 9.65. The molecule has 1 aromatic heterocycles. The molecule has 1 heterocycles. The molecule has 0 radical (unpaired) electrons. The van der Waals surface area contributed by atoms with Crippen LogP contribution in [-0.2, 0) is 6.42 Å². The molecule has 0 saturated heterocycles. The van der Waals surface area contributed by atoms with E-state index in [-0.39, 0.29) is 11.6 Å². The van der Waals surface area contributed by atoms with E-state index in [0.29, 0.717) is 13.0 Å². The Labute approximate surface area is 120 Å². The Hall–Kier alpha value is -2.34. The van der Waals surface area contributed by atoms with Gasteiger partial charge in [-0.05, 0) is 35.6 Å². The summed E-state index contributed by atoms with van der Waals surface area (Å²) in [5, 5.41) is 18.0. The number of hydrogen-bond donors (Lipinski definition) is 3. The molecule has 1 aromatic carbocycles. The molecule has 3 N–H and O–H groups in total. The SMILES string of the molecule is O=C(NCCc1cccc(C(=O)O)c1)Nc1ccsc1. The third kappa shape index (κ3) is 4.10. The molecule has 104 valence electrons. The van der Waals surface area contributed by atoms with Crippen molar-refractivity contribution in [1.29, 1.82) is 0 Å². The first-order valence-corrected chi connectivity index (χ1v) is 6.99. The van der Waals surface area contributed by atoms with Gasteiger partial charge in [-0.3, -0.25) is 0 Å². The van der Waals surface area contributed by atoms with Gasteiger partial charge in [0.05, 0.1) is 11.3 Å². The monoisotopic (exact) mass is 290 g/mol. The zero-order chi connectivity index (χ0) is 14.4. The Kier molecular flexibility index (Phi) is 4.73. The van der Waals surface area contributed by atoms with E-state index < -0.39 is 5.97 Å². The number of benzene rings is 1. The summed E-state index contributed by atoms with van der Waals surface area (Å²) in [5.74, 6) is -0.949. The van der Waals surface area contributed by atoms with Crippen molar-refractivity contribution < 1.29 is 14.7 Å². The predicted molar refractivity (Wildman–Crippen MR) is 78.4 cm³/mol. The van der Waals surface area contributed by atoms with Crippen LogP contribution in [0.15, 0.2) is 41.1 Å². The average Bonchev–Trinajstić information content (AvgIpc) is 2.92.